The van der Waals surface area contributed by atoms with Crippen molar-refractivity contribution in [1.29, 1.82) is 0 Å². The van der Waals surface area contributed by atoms with Crippen LogP contribution in [0.15, 0.2) is 54.6 Å². The number of aliphatic carboxylic acids is 1. The van der Waals surface area contributed by atoms with Crippen LogP contribution in [0, 0.1) is 5.92 Å². The first-order valence-electron chi connectivity index (χ1n) is 9.35. The highest BCUT2D eigenvalue weighted by Gasteiger charge is 2.33. The molecule has 0 bridgehead atoms. The number of carboxylic acid groups (broad SMARTS) is 1. The first-order chi connectivity index (χ1) is 13.6. The van der Waals surface area contributed by atoms with Crippen molar-refractivity contribution in [3.8, 4) is 11.1 Å². The Morgan fingerprint density at radius 1 is 1.03 bits per heavy atom. The molecule has 0 radical (unpaired) electrons. The van der Waals surface area contributed by atoms with Crippen molar-refractivity contribution < 1.29 is 24.2 Å². The lowest BCUT2D eigenvalue weighted by Gasteiger charge is -2.23. The molecule has 0 saturated carbocycles. The molecule has 8 heteroatoms. The van der Waals surface area contributed by atoms with E-state index in [1.165, 1.54) is 13.8 Å². The van der Waals surface area contributed by atoms with E-state index in [2.05, 4.69) is 5.32 Å². The van der Waals surface area contributed by atoms with E-state index in [0.29, 0.717) is 0 Å². The normalized spacial score (nSPS) is 16.3. The zero-order valence-electron chi connectivity index (χ0n) is 16.5. The molecular formula is C21H27N2O5P. The van der Waals surface area contributed by atoms with Gasteiger partial charge in [0.1, 0.15) is 6.04 Å². The van der Waals surface area contributed by atoms with Crippen LogP contribution in [-0.4, -0.2) is 39.9 Å². The Hall–Kier alpha value is -2.47. The Morgan fingerprint density at radius 2 is 1.59 bits per heavy atom. The zero-order valence-corrected chi connectivity index (χ0v) is 17.4. The number of carbonyl (C=O) groups is 2. The minimum atomic E-state index is -3.77. The smallest absolute Gasteiger partial charge is 0.325 e. The topological polar surface area (TPSA) is 130 Å². The van der Waals surface area contributed by atoms with E-state index in [4.69, 9.17) is 10.8 Å². The fraction of sp³-hybridized carbons (Fsp3) is 0.333. The van der Waals surface area contributed by atoms with Crippen molar-refractivity contribution in [2.45, 2.75) is 32.1 Å². The second-order valence-corrected chi connectivity index (χ2v) is 9.90. The van der Waals surface area contributed by atoms with E-state index >= 15 is 0 Å². The molecule has 0 aliphatic heterocycles. The fourth-order valence-electron chi connectivity index (χ4n) is 2.86. The van der Waals surface area contributed by atoms with Crippen molar-refractivity contribution in [2.75, 3.05) is 6.16 Å². The van der Waals surface area contributed by atoms with Gasteiger partial charge in [-0.25, -0.2) is 0 Å². The molecule has 0 saturated heterocycles. The van der Waals surface area contributed by atoms with E-state index in [9.17, 15) is 19.0 Å². The maximum Gasteiger partial charge on any atom is 0.325 e. The molecule has 0 aliphatic carbocycles. The Kier molecular flexibility index (Phi) is 7.73. The number of hydrogen-bond acceptors (Lipinski definition) is 4. The first-order valence-corrected chi connectivity index (χ1v) is 11.3. The minimum absolute atomic E-state index is 0.199. The van der Waals surface area contributed by atoms with Gasteiger partial charge in [-0.1, -0.05) is 54.6 Å². The standard InChI is InChI=1S/C21H27N2O5P/c1-14(21(25)26)23-20(24)19(13-29(27,28)15(2)22)12-16-8-10-18(11-9-16)17-6-4-3-5-7-17/h3-11,14-15,19H,12-13,22H2,1-2H3,(H,23,24)(H,25,26)(H,27,28)/t14-,15+,19+/m0/s1. The molecule has 0 fully saturated rings. The monoisotopic (exact) mass is 418 g/mol. The predicted octanol–water partition coefficient (Wildman–Crippen LogP) is 2.68. The van der Waals surface area contributed by atoms with Gasteiger partial charge < -0.3 is 21.1 Å². The van der Waals surface area contributed by atoms with E-state index in [1.807, 2.05) is 54.6 Å². The van der Waals surface area contributed by atoms with Gasteiger partial charge in [0, 0.05) is 6.16 Å². The van der Waals surface area contributed by atoms with E-state index < -0.39 is 37.0 Å². The summed E-state index contributed by atoms with van der Waals surface area (Å²) in [6.45, 7) is 2.76. The third kappa shape index (κ3) is 6.53. The molecule has 7 nitrogen and oxygen atoms in total. The third-order valence-corrected chi connectivity index (χ3v) is 7.00. The van der Waals surface area contributed by atoms with E-state index in [-0.39, 0.29) is 12.6 Å². The van der Waals surface area contributed by atoms with Gasteiger partial charge in [-0.15, -0.1) is 0 Å². The molecule has 0 heterocycles. The average Bonchev–Trinajstić information content (AvgIpc) is 2.68. The van der Waals surface area contributed by atoms with Gasteiger partial charge in [-0.2, -0.15) is 0 Å². The molecule has 0 aliphatic rings. The summed E-state index contributed by atoms with van der Waals surface area (Å²) in [7, 11) is -3.77. The fourth-order valence-corrected chi connectivity index (χ4v) is 4.12. The summed E-state index contributed by atoms with van der Waals surface area (Å²) in [6.07, 6.45) is -0.117. The van der Waals surface area contributed by atoms with Crippen molar-refractivity contribution >= 4 is 19.2 Å². The largest absolute Gasteiger partial charge is 0.480 e. The van der Waals surface area contributed by atoms with Crippen molar-refractivity contribution in [3.63, 3.8) is 0 Å². The Morgan fingerprint density at radius 3 is 2.10 bits per heavy atom. The molecule has 5 N–H and O–H groups in total. The van der Waals surface area contributed by atoms with Gasteiger partial charge in [-0.3, -0.25) is 14.2 Å². The second kappa shape index (κ2) is 9.83. The number of amides is 1. The molecule has 2 aromatic carbocycles. The number of carbonyl (C=O) groups excluding carboxylic acids is 1. The van der Waals surface area contributed by atoms with Crippen LogP contribution in [0.2, 0.25) is 0 Å². The third-order valence-electron chi connectivity index (χ3n) is 4.76. The Labute approximate surface area is 170 Å². The molecule has 0 aromatic heterocycles. The van der Waals surface area contributed by atoms with Crippen LogP contribution in [0.5, 0.6) is 0 Å². The number of hydrogen-bond donors (Lipinski definition) is 4. The van der Waals surface area contributed by atoms with Gasteiger partial charge >= 0.3 is 5.97 Å². The highest BCUT2D eigenvalue weighted by Crippen LogP contribution is 2.46. The number of carboxylic acids is 1. The molecule has 2 aromatic rings. The predicted molar refractivity (Wildman–Crippen MR) is 113 cm³/mol. The highest BCUT2D eigenvalue weighted by molar-refractivity contribution is 7.58. The van der Waals surface area contributed by atoms with E-state index in [0.717, 1.165) is 16.7 Å². The van der Waals surface area contributed by atoms with Crippen molar-refractivity contribution in [2.24, 2.45) is 11.7 Å². The molecule has 1 unspecified atom stereocenters. The average molecular weight is 418 g/mol. The maximum absolute atomic E-state index is 12.6. The number of nitrogens with two attached hydrogens (primary N) is 1. The lowest BCUT2D eigenvalue weighted by Crippen LogP contribution is -2.43. The molecule has 2 rings (SSSR count). The van der Waals surface area contributed by atoms with Crippen LogP contribution in [0.3, 0.4) is 0 Å². The van der Waals surface area contributed by atoms with Crippen LogP contribution >= 0.6 is 7.37 Å². The summed E-state index contributed by atoms with van der Waals surface area (Å²) in [5.74, 6) is -3.61. The zero-order chi connectivity index (χ0) is 21.6. The number of benzene rings is 2. The van der Waals surface area contributed by atoms with Gasteiger partial charge in [-0.05, 0) is 37.0 Å². The quantitative estimate of drug-likeness (QED) is 0.463. The summed E-state index contributed by atoms with van der Waals surface area (Å²) >= 11 is 0. The van der Waals surface area contributed by atoms with Crippen LogP contribution < -0.4 is 11.1 Å². The molecule has 29 heavy (non-hydrogen) atoms. The van der Waals surface area contributed by atoms with E-state index in [1.54, 1.807) is 0 Å². The van der Waals surface area contributed by atoms with Gasteiger partial charge in [0.15, 0.2) is 0 Å². The van der Waals surface area contributed by atoms with Crippen LogP contribution in [0.25, 0.3) is 11.1 Å². The van der Waals surface area contributed by atoms with Gasteiger partial charge in [0.25, 0.3) is 0 Å². The summed E-state index contributed by atoms with van der Waals surface area (Å²) in [5.41, 5.74) is 8.48. The maximum atomic E-state index is 12.6. The lowest BCUT2D eigenvalue weighted by molar-refractivity contribution is -0.141. The summed E-state index contributed by atoms with van der Waals surface area (Å²) in [6, 6.07) is 16.3. The van der Waals surface area contributed by atoms with Crippen LogP contribution in [0.1, 0.15) is 19.4 Å². The molecule has 156 valence electrons. The first kappa shape index (κ1) is 22.8. The molecule has 4 atom stereocenters. The van der Waals surface area contributed by atoms with Crippen LogP contribution in [0.4, 0.5) is 0 Å². The lowest BCUT2D eigenvalue weighted by atomic mass is 9.97. The highest BCUT2D eigenvalue weighted by atomic mass is 31.2. The number of nitrogens with one attached hydrogen (secondary N) is 1. The SMILES string of the molecule is C[C@H](NC(=O)[C@H](Cc1ccc(-c2ccccc2)cc1)CP(=O)(O)[C@H](C)N)C(=O)O. The summed E-state index contributed by atoms with van der Waals surface area (Å²) < 4.78 is 12.4. The summed E-state index contributed by atoms with van der Waals surface area (Å²) in [4.78, 5) is 33.8. The Bertz CT molecular complexity index is 884. The minimum Gasteiger partial charge on any atom is -0.480 e. The Balaban J connectivity index is 2.21. The molecule has 1 amide bonds. The molecule has 0 spiro atoms. The van der Waals surface area contributed by atoms with Crippen LogP contribution in [-0.2, 0) is 20.6 Å². The van der Waals surface area contributed by atoms with Gasteiger partial charge in [0.05, 0.1) is 11.7 Å². The van der Waals surface area contributed by atoms with Crippen molar-refractivity contribution in [1.82, 2.24) is 5.32 Å². The van der Waals surface area contributed by atoms with Crippen molar-refractivity contribution in [3.05, 3.63) is 60.2 Å². The van der Waals surface area contributed by atoms with Gasteiger partial charge in [0.2, 0.25) is 13.3 Å². The number of rotatable bonds is 9. The second-order valence-electron chi connectivity index (χ2n) is 7.21. The summed E-state index contributed by atoms with van der Waals surface area (Å²) in [5, 5.41) is 11.4. The molecular weight excluding hydrogens is 391 g/mol.